The van der Waals surface area contributed by atoms with E-state index in [2.05, 4.69) is 15.9 Å². The highest BCUT2D eigenvalue weighted by Gasteiger charge is 2.45. The van der Waals surface area contributed by atoms with Crippen molar-refractivity contribution < 1.29 is 9.90 Å². The fourth-order valence-electron chi connectivity index (χ4n) is 2.04. The van der Waals surface area contributed by atoms with Crippen LogP contribution in [0.2, 0.25) is 0 Å². The molecule has 1 amide bonds. The van der Waals surface area contributed by atoms with E-state index in [-0.39, 0.29) is 11.8 Å². The minimum atomic E-state index is -0.743. The van der Waals surface area contributed by atoms with Crippen molar-refractivity contribution in [2.75, 3.05) is 18.8 Å². The number of amides is 1. The first-order valence-corrected chi connectivity index (χ1v) is 6.69. The van der Waals surface area contributed by atoms with Crippen LogP contribution in [0.4, 0.5) is 5.69 Å². The molecule has 0 radical (unpaired) electrons. The van der Waals surface area contributed by atoms with Crippen molar-refractivity contribution >= 4 is 27.5 Å². The molecule has 98 valence electrons. The van der Waals surface area contributed by atoms with Gasteiger partial charge in [0.05, 0.1) is 13.1 Å². The fourth-order valence-corrected chi connectivity index (χ4v) is 2.55. The van der Waals surface area contributed by atoms with E-state index in [1.165, 1.54) is 0 Å². The molecule has 1 aliphatic heterocycles. The Balaban J connectivity index is 2.10. The molecule has 1 aliphatic rings. The number of hydrogen-bond donors (Lipinski definition) is 2. The predicted octanol–water partition coefficient (Wildman–Crippen LogP) is 1.87. The number of β-amino-alcohol motifs (C(OH)–C–C–N with tert-alkyl or cyclic N) is 1. The number of carbonyl (C=O) groups is 1. The van der Waals surface area contributed by atoms with Gasteiger partial charge in [0.15, 0.2) is 0 Å². The van der Waals surface area contributed by atoms with Crippen LogP contribution in [0.5, 0.6) is 0 Å². The number of nitrogens with zero attached hydrogens (tertiary/aromatic N) is 1. The monoisotopic (exact) mass is 312 g/mol. The van der Waals surface area contributed by atoms with Crippen molar-refractivity contribution in [3.63, 3.8) is 0 Å². The molecule has 3 N–H and O–H groups in total. The molecule has 0 bridgehead atoms. The molecule has 18 heavy (non-hydrogen) atoms. The van der Waals surface area contributed by atoms with Crippen molar-refractivity contribution in [1.82, 2.24) is 4.90 Å². The molecule has 0 aliphatic carbocycles. The summed E-state index contributed by atoms with van der Waals surface area (Å²) in [5.74, 6) is 0.0578. The third kappa shape index (κ3) is 2.37. The third-order valence-corrected chi connectivity index (χ3v) is 3.92. The highest BCUT2D eigenvalue weighted by Crippen LogP contribution is 2.30. The average molecular weight is 313 g/mol. The number of nitrogens with two attached hydrogens (primary N) is 1. The number of halogens is 1. The molecule has 0 saturated carbocycles. The number of anilines is 1. The molecule has 0 atom stereocenters. The molecule has 1 heterocycles. The minimum absolute atomic E-state index is 0.0895. The number of hydrogen-bond acceptors (Lipinski definition) is 3. The van der Waals surface area contributed by atoms with Crippen LogP contribution in [0.1, 0.15) is 24.2 Å². The molecule has 5 heteroatoms. The van der Waals surface area contributed by atoms with Crippen LogP contribution in [0.25, 0.3) is 0 Å². The normalized spacial score (nSPS) is 17.7. The average Bonchev–Trinajstić information content (AvgIpc) is 2.22. The van der Waals surface area contributed by atoms with E-state index in [0.717, 1.165) is 4.47 Å². The summed E-state index contributed by atoms with van der Waals surface area (Å²) in [6.07, 6.45) is 0. The van der Waals surface area contributed by atoms with Gasteiger partial charge in [-0.3, -0.25) is 4.79 Å². The number of benzene rings is 1. The van der Waals surface area contributed by atoms with Gasteiger partial charge in [-0.25, -0.2) is 0 Å². The summed E-state index contributed by atoms with van der Waals surface area (Å²) in [5, 5.41) is 10.1. The van der Waals surface area contributed by atoms with Crippen molar-refractivity contribution in [3.05, 3.63) is 28.2 Å². The lowest BCUT2D eigenvalue weighted by molar-refractivity contribution is -0.110. The standard InChI is InChI=1S/C13H17BrN2O2/c1-8(2)13(18)6-16(7-13)12(17)9-3-10(14)5-11(15)4-9/h3-5,8,18H,6-7,15H2,1-2H3. The van der Waals surface area contributed by atoms with Crippen LogP contribution in [0, 0.1) is 5.92 Å². The predicted molar refractivity (Wildman–Crippen MR) is 74.2 cm³/mol. The van der Waals surface area contributed by atoms with Crippen LogP contribution in [-0.2, 0) is 0 Å². The fraction of sp³-hybridized carbons (Fsp3) is 0.462. The highest BCUT2D eigenvalue weighted by atomic mass is 79.9. The van der Waals surface area contributed by atoms with Gasteiger partial charge < -0.3 is 15.7 Å². The highest BCUT2D eigenvalue weighted by molar-refractivity contribution is 9.10. The lowest BCUT2D eigenvalue weighted by atomic mass is 9.82. The van der Waals surface area contributed by atoms with Gasteiger partial charge >= 0.3 is 0 Å². The second-order valence-electron chi connectivity index (χ2n) is 5.19. The lowest BCUT2D eigenvalue weighted by Gasteiger charge is -2.49. The summed E-state index contributed by atoms with van der Waals surface area (Å²) >= 11 is 3.32. The third-order valence-electron chi connectivity index (χ3n) is 3.46. The van der Waals surface area contributed by atoms with Crippen molar-refractivity contribution in [1.29, 1.82) is 0 Å². The second kappa shape index (κ2) is 4.55. The number of aliphatic hydroxyl groups is 1. The first-order valence-electron chi connectivity index (χ1n) is 5.89. The zero-order chi connectivity index (χ0) is 13.5. The van der Waals surface area contributed by atoms with E-state index in [1.807, 2.05) is 13.8 Å². The van der Waals surface area contributed by atoms with E-state index in [4.69, 9.17) is 5.73 Å². The zero-order valence-electron chi connectivity index (χ0n) is 10.5. The van der Waals surface area contributed by atoms with Gasteiger partial charge in [0.2, 0.25) is 0 Å². The molecule has 1 aromatic rings. The van der Waals surface area contributed by atoms with Gasteiger partial charge in [0.1, 0.15) is 5.60 Å². The molecule has 2 rings (SSSR count). The van der Waals surface area contributed by atoms with Gasteiger partial charge in [-0.15, -0.1) is 0 Å². The molecule has 1 fully saturated rings. The molecule has 1 saturated heterocycles. The molecule has 0 spiro atoms. The van der Waals surface area contributed by atoms with Crippen molar-refractivity contribution in [2.24, 2.45) is 5.92 Å². The maximum Gasteiger partial charge on any atom is 0.254 e. The van der Waals surface area contributed by atoms with E-state index in [1.54, 1.807) is 23.1 Å². The Morgan fingerprint density at radius 2 is 2.06 bits per heavy atom. The van der Waals surface area contributed by atoms with Gasteiger partial charge in [0, 0.05) is 15.7 Å². The van der Waals surface area contributed by atoms with Crippen LogP contribution in [0.15, 0.2) is 22.7 Å². The summed E-state index contributed by atoms with van der Waals surface area (Å²) in [4.78, 5) is 13.8. The summed E-state index contributed by atoms with van der Waals surface area (Å²) in [7, 11) is 0. The van der Waals surface area contributed by atoms with Crippen molar-refractivity contribution in [3.8, 4) is 0 Å². The number of nitrogen functional groups attached to an aromatic ring is 1. The first-order chi connectivity index (χ1) is 8.32. The minimum Gasteiger partial charge on any atom is -0.399 e. The Morgan fingerprint density at radius 3 is 2.56 bits per heavy atom. The summed E-state index contributed by atoms with van der Waals surface area (Å²) in [6.45, 7) is 4.68. The molecule has 0 unspecified atom stereocenters. The van der Waals surface area contributed by atoms with Crippen LogP contribution >= 0.6 is 15.9 Å². The summed E-state index contributed by atoms with van der Waals surface area (Å²) < 4.78 is 0.783. The lowest BCUT2D eigenvalue weighted by Crippen LogP contribution is -2.65. The molecule has 1 aromatic carbocycles. The van der Waals surface area contributed by atoms with Crippen LogP contribution in [-0.4, -0.2) is 34.6 Å². The maximum absolute atomic E-state index is 12.2. The number of rotatable bonds is 2. The van der Waals surface area contributed by atoms with Gasteiger partial charge in [0.25, 0.3) is 5.91 Å². The maximum atomic E-state index is 12.2. The van der Waals surface area contributed by atoms with E-state index < -0.39 is 5.60 Å². The smallest absolute Gasteiger partial charge is 0.254 e. The molecular formula is C13H17BrN2O2. The number of carbonyl (C=O) groups excluding carboxylic acids is 1. The Bertz CT molecular complexity index is 462. The van der Waals surface area contributed by atoms with E-state index >= 15 is 0 Å². The Kier molecular flexibility index (Phi) is 3.38. The van der Waals surface area contributed by atoms with Crippen LogP contribution < -0.4 is 5.73 Å². The van der Waals surface area contributed by atoms with Gasteiger partial charge in [-0.2, -0.15) is 0 Å². The molecule has 4 nitrogen and oxygen atoms in total. The summed E-state index contributed by atoms with van der Waals surface area (Å²) in [5.41, 5.74) is 6.06. The van der Waals surface area contributed by atoms with Gasteiger partial charge in [-0.05, 0) is 24.1 Å². The second-order valence-corrected chi connectivity index (χ2v) is 6.11. The topological polar surface area (TPSA) is 66.6 Å². The quantitative estimate of drug-likeness (QED) is 0.819. The van der Waals surface area contributed by atoms with Gasteiger partial charge in [-0.1, -0.05) is 29.8 Å². The number of likely N-dealkylation sites (tertiary alicyclic amines) is 1. The molecular weight excluding hydrogens is 296 g/mol. The van der Waals surface area contributed by atoms with Crippen molar-refractivity contribution in [2.45, 2.75) is 19.4 Å². The van der Waals surface area contributed by atoms with Crippen LogP contribution in [0.3, 0.4) is 0 Å². The summed E-state index contributed by atoms with van der Waals surface area (Å²) in [6, 6.07) is 5.14. The SMILES string of the molecule is CC(C)C1(O)CN(C(=O)c2cc(N)cc(Br)c2)C1. The zero-order valence-corrected chi connectivity index (χ0v) is 12.1. The van der Waals surface area contributed by atoms with E-state index in [9.17, 15) is 9.90 Å². The first kappa shape index (κ1) is 13.4. The largest absolute Gasteiger partial charge is 0.399 e. The van der Waals surface area contributed by atoms with E-state index in [0.29, 0.717) is 24.3 Å². The Hall–Kier alpha value is -1.07. The Morgan fingerprint density at radius 1 is 1.44 bits per heavy atom. The Labute approximate surface area is 115 Å². The molecule has 0 aromatic heterocycles.